The zero-order valence-corrected chi connectivity index (χ0v) is 13.8. The fraction of sp³-hybridized carbons (Fsp3) is 0.600. The molecule has 1 aromatic rings. The van der Waals surface area contributed by atoms with E-state index >= 15 is 0 Å². The average Bonchev–Trinajstić information content (AvgIpc) is 2.59. The summed E-state index contributed by atoms with van der Waals surface area (Å²) in [5.41, 5.74) is 0.381. The molecular weight excluding hydrogens is 271 g/mol. The molecule has 0 bridgehead atoms. The molecule has 5 heteroatoms. The zero-order chi connectivity index (χ0) is 14.8. The maximum Gasteiger partial charge on any atom is 0.494 e. The van der Waals surface area contributed by atoms with Crippen LogP contribution >= 0.6 is 11.8 Å². The molecule has 0 saturated carbocycles. The van der Waals surface area contributed by atoms with Crippen LogP contribution in [-0.4, -0.2) is 36.9 Å². The molecular formula is C15H23BO3S. The van der Waals surface area contributed by atoms with Crippen molar-refractivity contribution >= 4 is 24.3 Å². The molecule has 0 aromatic heterocycles. The highest BCUT2D eigenvalue weighted by Crippen LogP contribution is 2.36. The van der Waals surface area contributed by atoms with Crippen LogP contribution in [0, 0.1) is 0 Å². The normalized spacial score (nSPS) is 20.1. The smallest absolute Gasteiger partial charge is 0.493 e. The van der Waals surface area contributed by atoms with Crippen LogP contribution in [0.1, 0.15) is 27.7 Å². The molecule has 2 rings (SSSR count). The lowest BCUT2D eigenvalue weighted by Crippen LogP contribution is -2.41. The Morgan fingerprint density at radius 2 is 1.80 bits per heavy atom. The second-order valence-electron chi connectivity index (χ2n) is 6.00. The lowest BCUT2D eigenvalue weighted by atomic mass is 9.79. The predicted molar refractivity (Wildman–Crippen MR) is 86.0 cm³/mol. The summed E-state index contributed by atoms with van der Waals surface area (Å²) in [6.45, 7) is 8.96. The molecule has 1 aromatic carbocycles. The molecule has 20 heavy (non-hydrogen) atoms. The number of benzene rings is 1. The molecule has 0 spiro atoms. The number of thioether (sulfide) groups is 1. The topological polar surface area (TPSA) is 27.7 Å². The van der Waals surface area contributed by atoms with E-state index in [1.165, 1.54) is 0 Å². The Morgan fingerprint density at radius 1 is 1.15 bits per heavy atom. The SMILES string of the molecule is CSCCOc1cccc(B2OC(C)(C)C(C)(C)O2)c1. The van der Waals surface area contributed by atoms with Crippen LogP contribution in [0.25, 0.3) is 0 Å². The Morgan fingerprint density at radius 3 is 2.40 bits per heavy atom. The van der Waals surface area contributed by atoms with Crippen LogP contribution in [0.15, 0.2) is 24.3 Å². The molecule has 1 heterocycles. The van der Waals surface area contributed by atoms with Crippen LogP contribution in [0.4, 0.5) is 0 Å². The van der Waals surface area contributed by atoms with Gasteiger partial charge in [0.2, 0.25) is 0 Å². The summed E-state index contributed by atoms with van der Waals surface area (Å²) in [6.07, 6.45) is 2.07. The quantitative estimate of drug-likeness (QED) is 0.616. The Bertz CT molecular complexity index is 446. The van der Waals surface area contributed by atoms with Gasteiger partial charge in [0.1, 0.15) is 5.75 Å². The van der Waals surface area contributed by atoms with Crippen LogP contribution in [0.5, 0.6) is 5.75 Å². The van der Waals surface area contributed by atoms with Crippen molar-refractivity contribution < 1.29 is 14.0 Å². The van der Waals surface area contributed by atoms with E-state index in [2.05, 4.69) is 34.0 Å². The average molecular weight is 294 g/mol. The van der Waals surface area contributed by atoms with Gasteiger partial charge in [-0.2, -0.15) is 11.8 Å². The Balaban J connectivity index is 2.09. The molecule has 3 nitrogen and oxygen atoms in total. The fourth-order valence-corrected chi connectivity index (χ4v) is 2.22. The van der Waals surface area contributed by atoms with Crippen LogP contribution < -0.4 is 10.2 Å². The van der Waals surface area contributed by atoms with E-state index in [0.717, 1.165) is 17.0 Å². The van der Waals surface area contributed by atoms with Crippen molar-refractivity contribution in [2.24, 2.45) is 0 Å². The van der Waals surface area contributed by atoms with E-state index in [1.807, 2.05) is 24.3 Å². The summed E-state index contributed by atoms with van der Waals surface area (Å²) in [4.78, 5) is 0. The first kappa shape index (κ1) is 15.7. The van der Waals surface area contributed by atoms with Crippen molar-refractivity contribution in [3.05, 3.63) is 24.3 Å². The highest BCUT2D eigenvalue weighted by atomic mass is 32.2. The summed E-state index contributed by atoms with van der Waals surface area (Å²) >= 11 is 1.78. The number of rotatable bonds is 5. The van der Waals surface area contributed by atoms with E-state index in [4.69, 9.17) is 14.0 Å². The molecule has 0 atom stereocenters. The minimum atomic E-state index is -0.330. The first-order chi connectivity index (χ1) is 9.36. The molecule has 0 unspecified atom stereocenters. The van der Waals surface area contributed by atoms with E-state index < -0.39 is 0 Å². The van der Waals surface area contributed by atoms with Crippen LogP contribution in [-0.2, 0) is 9.31 Å². The van der Waals surface area contributed by atoms with Gasteiger partial charge in [-0.1, -0.05) is 12.1 Å². The molecule has 0 aliphatic carbocycles. The lowest BCUT2D eigenvalue weighted by molar-refractivity contribution is 0.00578. The highest BCUT2D eigenvalue weighted by Gasteiger charge is 2.51. The van der Waals surface area contributed by atoms with Gasteiger partial charge in [-0.25, -0.2) is 0 Å². The predicted octanol–water partition coefficient (Wildman–Crippen LogP) is 2.73. The van der Waals surface area contributed by atoms with Crippen molar-refractivity contribution in [1.82, 2.24) is 0 Å². The van der Waals surface area contributed by atoms with Gasteiger partial charge < -0.3 is 14.0 Å². The van der Waals surface area contributed by atoms with Gasteiger partial charge >= 0.3 is 7.12 Å². The molecule has 0 N–H and O–H groups in total. The molecule has 1 aliphatic heterocycles. The van der Waals surface area contributed by atoms with Gasteiger partial charge in [0.15, 0.2) is 0 Å². The summed E-state index contributed by atoms with van der Waals surface area (Å²) < 4.78 is 17.8. The molecule has 1 aliphatic rings. The Kier molecular flexibility index (Phi) is 4.72. The largest absolute Gasteiger partial charge is 0.494 e. The first-order valence-corrected chi connectivity index (χ1v) is 8.32. The third-order valence-corrected chi connectivity index (χ3v) is 4.51. The molecule has 1 fully saturated rings. The third-order valence-electron chi connectivity index (χ3n) is 3.94. The van der Waals surface area contributed by atoms with E-state index in [9.17, 15) is 0 Å². The van der Waals surface area contributed by atoms with Crippen molar-refractivity contribution in [1.29, 1.82) is 0 Å². The first-order valence-electron chi connectivity index (χ1n) is 6.93. The second kappa shape index (κ2) is 6.00. The van der Waals surface area contributed by atoms with Gasteiger partial charge in [-0.3, -0.25) is 0 Å². The fourth-order valence-electron chi connectivity index (χ4n) is 1.97. The van der Waals surface area contributed by atoms with Gasteiger partial charge in [0.25, 0.3) is 0 Å². The number of hydrogen-bond donors (Lipinski definition) is 0. The van der Waals surface area contributed by atoms with Crippen molar-refractivity contribution in [2.45, 2.75) is 38.9 Å². The second-order valence-corrected chi connectivity index (χ2v) is 6.99. The van der Waals surface area contributed by atoms with E-state index in [0.29, 0.717) is 6.61 Å². The lowest BCUT2D eigenvalue weighted by Gasteiger charge is -2.32. The molecule has 110 valence electrons. The number of ether oxygens (including phenoxy) is 1. The molecule has 0 radical (unpaired) electrons. The van der Waals surface area contributed by atoms with Crippen molar-refractivity contribution in [3.8, 4) is 5.75 Å². The maximum atomic E-state index is 6.05. The summed E-state index contributed by atoms with van der Waals surface area (Å²) in [7, 11) is -0.330. The van der Waals surface area contributed by atoms with E-state index in [-0.39, 0.29) is 18.3 Å². The molecule has 1 saturated heterocycles. The van der Waals surface area contributed by atoms with E-state index in [1.54, 1.807) is 11.8 Å². The zero-order valence-electron chi connectivity index (χ0n) is 12.9. The van der Waals surface area contributed by atoms with Gasteiger partial charge in [-0.05, 0) is 51.5 Å². The van der Waals surface area contributed by atoms with Gasteiger partial charge in [0.05, 0.1) is 17.8 Å². The van der Waals surface area contributed by atoms with Crippen LogP contribution in [0.3, 0.4) is 0 Å². The Hall–Kier alpha value is -0.645. The minimum absolute atomic E-state index is 0.312. The molecule has 0 amide bonds. The van der Waals surface area contributed by atoms with Crippen molar-refractivity contribution in [2.75, 3.05) is 18.6 Å². The monoisotopic (exact) mass is 294 g/mol. The summed E-state index contributed by atoms with van der Waals surface area (Å²) in [5.74, 6) is 1.85. The Labute approximate surface area is 126 Å². The summed E-state index contributed by atoms with van der Waals surface area (Å²) in [5, 5.41) is 0. The number of hydrogen-bond acceptors (Lipinski definition) is 4. The van der Waals surface area contributed by atoms with Crippen LogP contribution in [0.2, 0.25) is 0 Å². The maximum absolute atomic E-state index is 6.05. The van der Waals surface area contributed by atoms with Gasteiger partial charge in [-0.15, -0.1) is 0 Å². The summed E-state index contributed by atoms with van der Waals surface area (Å²) in [6, 6.07) is 7.97. The third kappa shape index (κ3) is 3.33. The minimum Gasteiger partial charge on any atom is -0.493 e. The van der Waals surface area contributed by atoms with Gasteiger partial charge in [0, 0.05) is 5.75 Å². The highest BCUT2D eigenvalue weighted by molar-refractivity contribution is 7.98. The van der Waals surface area contributed by atoms with Crippen molar-refractivity contribution in [3.63, 3.8) is 0 Å². The standard InChI is InChI=1S/C15H23BO3S/c1-14(2)15(3,4)19-16(18-14)12-7-6-8-13(11-12)17-9-10-20-5/h6-8,11H,9-10H2,1-5H3.